The van der Waals surface area contributed by atoms with Crippen molar-refractivity contribution in [2.24, 2.45) is 10.3 Å². The number of imide groups is 1. The van der Waals surface area contributed by atoms with Gasteiger partial charge in [0.1, 0.15) is 12.4 Å². The molecule has 3 heterocycles. The second-order valence-electron chi connectivity index (χ2n) is 7.49. The molecule has 1 aromatic heterocycles. The van der Waals surface area contributed by atoms with Gasteiger partial charge in [0.15, 0.2) is 12.1 Å². The number of carbonyl (C=O) groups is 2. The van der Waals surface area contributed by atoms with E-state index in [2.05, 4.69) is 20.5 Å². The van der Waals surface area contributed by atoms with Crippen LogP contribution in [0, 0.1) is 19.7 Å². The Kier molecular flexibility index (Phi) is 4.35. The van der Waals surface area contributed by atoms with Crippen LogP contribution in [0.25, 0.3) is 11.4 Å². The summed E-state index contributed by atoms with van der Waals surface area (Å²) in [5.41, 5.74) is 3.23. The average Bonchev–Trinajstić information content (AvgIpc) is 3.43. The first-order chi connectivity index (χ1) is 14.9. The zero-order valence-corrected chi connectivity index (χ0v) is 16.7. The Morgan fingerprint density at radius 2 is 1.90 bits per heavy atom. The van der Waals surface area contributed by atoms with Gasteiger partial charge in [-0.15, -0.1) is 0 Å². The smallest absolute Gasteiger partial charge is 0.263 e. The van der Waals surface area contributed by atoms with E-state index < -0.39 is 29.7 Å². The SMILES string of the molecule is Cc1ccc(-c2noc(CN3N=NC4C(=O)N(c5cccc(F)c5)C(=O)C43)n2)cc1C. The van der Waals surface area contributed by atoms with Crippen LogP contribution < -0.4 is 4.90 Å². The Hall–Kier alpha value is -3.95. The van der Waals surface area contributed by atoms with Gasteiger partial charge < -0.3 is 4.52 Å². The van der Waals surface area contributed by atoms with E-state index >= 15 is 0 Å². The van der Waals surface area contributed by atoms with Gasteiger partial charge in [0.05, 0.1) is 5.69 Å². The molecule has 0 bridgehead atoms. The molecule has 0 N–H and O–H groups in total. The van der Waals surface area contributed by atoms with Crippen LogP contribution in [0.3, 0.4) is 0 Å². The molecule has 3 aromatic rings. The highest BCUT2D eigenvalue weighted by Gasteiger charge is 2.55. The van der Waals surface area contributed by atoms with Gasteiger partial charge in [0.2, 0.25) is 11.7 Å². The van der Waals surface area contributed by atoms with E-state index in [9.17, 15) is 14.0 Å². The third-order valence-corrected chi connectivity index (χ3v) is 5.45. The average molecular weight is 420 g/mol. The Morgan fingerprint density at radius 3 is 2.68 bits per heavy atom. The number of hydrogen-bond acceptors (Lipinski definition) is 8. The highest BCUT2D eigenvalue weighted by atomic mass is 19.1. The number of nitrogens with zero attached hydrogens (tertiary/aromatic N) is 6. The second-order valence-corrected chi connectivity index (χ2v) is 7.49. The van der Waals surface area contributed by atoms with Crippen LogP contribution in [0.2, 0.25) is 0 Å². The molecule has 2 aliphatic heterocycles. The number of halogens is 1. The van der Waals surface area contributed by atoms with Crippen molar-refractivity contribution in [2.75, 3.05) is 4.90 Å². The minimum Gasteiger partial charge on any atom is -0.337 e. The molecule has 0 aliphatic carbocycles. The summed E-state index contributed by atoms with van der Waals surface area (Å²) in [6, 6.07) is 9.22. The number of rotatable bonds is 4. The summed E-state index contributed by atoms with van der Waals surface area (Å²) in [6.45, 7) is 4.03. The van der Waals surface area contributed by atoms with Gasteiger partial charge in [0.25, 0.3) is 11.8 Å². The van der Waals surface area contributed by atoms with E-state index in [1.165, 1.54) is 23.2 Å². The lowest BCUT2D eigenvalue weighted by molar-refractivity contribution is -0.123. The molecule has 2 aliphatic rings. The Balaban J connectivity index is 1.37. The van der Waals surface area contributed by atoms with Crippen LogP contribution in [-0.4, -0.2) is 39.0 Å². The van der Waals surface area contributed by atoms with E-state index in [-0.39, 0.29) is 18.1 Å². The minimum absolute atomic E-state index is 0.0124. The van der Waals surface area contributed by atoms with Gasteiger partial charge in [0, 0.05) is 5.56 Å². The van der Waals surface area contributed by atoms with Crippen molar-refractivity contribution in [3.63, 3.8) is 0 Å². The van der Waals surface area contributed by atoms with Gasteiger partial charge in [-0.25, -0.2) is 9.29 Å². The predicted molar refractivity (Wildman–Crippen MR) is 106 cm³/mol. The van der Waals surface area contributed by atoms with Gasteiger partial charge in [-0.3, -0.25) is 14.6 Å². The number of anilines is 1. The monoisotopic (exact) mass is 420 g/mol. The zero-order chi connectivity index (χ0) is 21.7. The third kappa shape index (κ3) is 3.16. The number of benzene rings is 2. The lowest BCUT2D eigenvalue weighted by Crippen LogP contribution is -2.39. The molecule has 10 heteroatoms. The second kappa shape index (κ2) is 7.08. The molecule has 1 fully saturated rings. The van der Waals surface area contributed by atoms with Crippen molar-refractivity contribution in [2.45, 2.75) is 32.5 Å². The molecule has 2 unspecified atom stereocenters. The lowest BCUT2D eigenvalue weighted by Gasteiger charge is -2.19. The van der Waals surface area contributed by atoms with Crippen molar-refractivity contribution in [3.05, 3.63) is 65.3 Å². The van der Waals surface area contributed by atoms with Crippen LogP contribution in [0.15, 0.2) is 57.3 Å². The number of carbonyl (C=O) groups excluding carboxylic acids is 2. The van der Waals surface area contributed by atoms with Crippen molar-refractivity contribution < 1.29 is 18.5 Å². The summed E-state index contributed by atoms with van der Waals surface area (Å²) in [6.07, 6.45) is 0. The van der Waals surface area contributed by atoms with Crippen LogP contribution in [0.1, 0.15) is 17.0 Å². The van der Waals surface area contributed by atoms with E-state index in [1.807, 2.05) is 32.0 Å². The van der Waals surface area contributed by atoms with E-state index in [1.54, 1.807) is 0 Å². The standard InChI is InChI=1S/C21H17FN6O3/c1-11-6-7-13(8-12(11)2)19-23-16(31-25-19)10-27-18-17(24-26-27)20(29)28(21(18)30)15-5-3-4-14(22)9-15/h3-9,17-18H,10H2,1-2H3. The van der Waals surface area contributed by atoms with Gasteiger partial charge >= 0.3 is 0 Å². The zero-order valence-electron chi connectivity index (χ0n) is 16.7. The molecule has 31 heavy (non-hydrogen) atoms. The van der Waals surface area contributed by atoms with Crippen molar-refractivity contribution >= 4 is 17.5 Å². The van der Waals surface area contributed by atoms with Gasteiger partial charge in [-0.2, -0.15) is 10.1 Å². The van der Waals surface area contributed by atoms with Crippen molar-refractivity contribution in [3.8, 4) is 11.4 Å². The molecule has 9 nitrogen and oxygen atoms in total. The molecular formula is C21H17FN6O3. The molecule has 156 valence electrons. The summed E-state index contributed by atoms with van der Waals surface area (Å²) < 4.78 is 18.9. The summed E-state index contributed by atoms with van der Waals surface area (Å²) in [4.78, 5) is 31.0. The normalized spacial score (nSPS) is 20.1. The maximum absolute atomic E-state index is 13.6. The molecule has 1 saturated heterocycles. The molecule has 2 aromatic carbocycles. The third-order valence-electron chi connectivity index (χ3n) is 5.45. The number of amides is 2. The highest BCUT2D eigenvalue weighted by Crippen LogP contribution is 2.33. The molecule has 0 saturated carbocycles. The quantitative estimate of drug-likeness (QED) is 0.601. The number of aromatic nitrogens is 2. The van der Waals surface area contributed by atoms with Crippen LogP contribution in [-0.2, 0) is 16.1 Å². The largest absolute Gasteiger partial charge is 0.337 e. The van der Waals surface area contributed by atoms with Gasteiger partial charge in [-0.1, -0.05) is 28.6 Å². The molecule has 0 spiro atoms. The fourth-order valence-electron chi connectivity index (χ4n) is 3.68. The Bertz CT molecular complexity index is 1240. The number of fused-ring (bicyclic) bond motifs is 1. The summed E-state index contributed by atoms with van der Waals surface area (Å²) >= 11 is 0. The molecular weight excluding hydrogens is 403 g/mol. The summed E-state index contributed by atoms with van der Waals surface area (Å²) in [7, 11) is 0. The fourth-order valence-corrected chi connectivity index (χ4v) is 3.68. The topological polar surface area (TPSA) is 104 Å². The first-order valence-corrected chi connectivity index (χ1v) is 9.63. The highest BCUT2D eigenvalue weighted by molar-refractivity contribution is 6.25. The van der Waals surface area contributed by atoms with Crippen LogP contribution >= 0.6 is 0 Å². The Labute approximate surface area is 176 Å². The molecule has 2 atom stereocenters. The number of aryl methyl sites for hydroxylation is 2. The van der Waals surface area contributed by atoms with E-state index in [0.29, 0.717) is 5.82 Å². The molecule has 5 rings (SSSR count). The Morgan fingerprint density at radius 1 is 1.06 bits per heavy atom. The first kappa shape index (κ1) is 19.0. The fraction of sp³-hybridized carbons (Fsp3) is 0.238. The minimum atomic E-state index is -0.988. The molecule has 0 radical (unpaired) electrons. The maximum atomic E-state index is 13.6. The maximum Gasteiger partial charge on any atom is 0.263 e. The van der Waals surface area contributed by atoms with E-state index in [0.717, 1.165) is 27.7 Å². The van der Waals surface area contributed by atoms with E-state index in [4.69, 9.17) is 4.52 Å². The van der Waals surface area contributed by atoms with Crippen LogP contribution in [0.4, 0.5) is 10.1 Å². The lowest BCUT2D eigenvalue weighted by atomic mass is 10.1. The van der Waals surface area contributed by atoms with Crippen molar-refractivity contribution in [1.29, 1.82) is 0 Å². The van der Waals surface area contributed by atoms with Crippen LogP contribution in [0.5, 0.6) is 0 Å². The van der Waals surface area contributed by atoms with Crippen molar-refractivity contribution in [1.82, 2.24) is 15.1 Å². The summed E-state index contributed by atoms with van der Waals surface area (Å²) in [5.74, 6) is -0.968. The molecule has 2 amide bonds. The predicted octanol–water partition coefficient (Wildman–Crippen LogP) is 2.99. The van der Waals surface area contributed by atoms with Gasteiger partial charge in [-0.05, 0) is 49.2 Å². The number of hydrogen-bond donors (Lipinski definition) is 0. The first-order valence-electron chi connectivity index (χ1n) is 9.63. The summed E-state index contributed by atoms with van der Waals surface area (Å²) in [5, 5.41) is 13.3.